The van der Waals surface area contributed by atoms with E-state index in [2.05, 4.69) is 5.32 Å². The molecule has 6 nitrogen and oxygen atoms in total. The van der Waals surface area contributed by atoms with Gasteiger partial charge in [-0.25, -0.2) is 0 Å². The van der Waals surface area contributed by atoms with Gasteiger partial charge in [-0.05, 0) is 24.1 Å². The number of carboxylic acid groups (broad SMARTS) is 1. The molecule has 1 aliphatic rings. The maximum Gasteiger partial charge on any atom is 0.315 e. The van der Waals surface area contributed by atoms with Gasteiger partial charge in [-0.2, -0.15) is 0 Å². The predicted octanol–water partition coefficient (Wildman–Crippen LogP) is 1.80. The molecule has 1 atom stereocenters. The van der Waals surface area contributed by atoms with Gasteiger partial charge in [0.2, 0.25) is 5.91 Å². The van der Waals surface area contributed by atoms with Gasteiger partial charge in [-0.1, -0.05) is 48.5 Å². The second-order valence-corrected chi connectivity index (χ2v) is 6.60. The Bertz CT molecular complexity index is 850. The first-order chi connectivity index (χ1) is 12.4. The summed E-state index contributed by atoms with van der Waals surface area (Å²) in [5.74, 6) is -1.58. The van der Waals surface area contributed by atoms with Gasteiger partial charge in [0.1, 0.15) is 12.0 Å². The third-order valence-electron chi connectivity index (χ3n) is 4.75. The molecular formula is C20H20N2O4. The van der Waals surface area contributed by atoms with E-state index < -0.39 is 11.4 Å². The Morgan fingerprint density at radius 3 is 2.42 bits per heavy atom. The number of carbonyl (C=O) groups excluding carboxylic acids is 2. The van der Waals surface area contributed by atoms with Gasteiger partial charge in [0, 0.05) is 18.7 Å². The van der Waals surface area contributed by atoms with Crippen LogP contribution in [0.15, 0.2) is 54.6 Å². The number of hydrogen-bond donors (Lipinski definition) is 2. The van der Waals surface area contributed by atoms with Crippen LogP contribution in [0, 0.1) is 0 Å². The second-order valence-electron chi connectivity index (χ2n) is 6.60. The summed E-state index contributed by atoms with van der Waals surface area (Å²) in [7, 11) is 0. The normalized spacial score (nSPS) is 15.3. The third kappa shape index (κ3) is 3.31. The summed E-state index contributed by atoms with van der Waals surface area (Å²) in [4.78, 5) is 37.8. The molecule has 0 fully saturated rings. The number of hydrogen-bond acceptors (Lipinski definition) is 3. The molecule has 6 heteroatoms. The Morgan fingerprint density at radius 2 is 1.77 bits per heavy atom. The number of amides is 2. The lowest BCUT2D eigenvalue weighted by atomic mass is 9.82. The predicted molar refractivity (Wildman–Crippen MR) is 95.6 cm³/mol. The van der Waals surface area contributed by atoms with Crippen molar-refractivity contribution < 1.29 is 19.5 Å². The zero-order chi connectivity index (χ0) is 18.7. The van der Waals surface area contributed by atoms with Crippen molar-refractivity contribution in [2.45, 2.75) is 18.9 Å². The topological polar surface area (TPSA) is 86.7 Å². The van der Waals surface area contributed by atoms with E-state index in [1.807, 2.05) is 12.1 Å². The van der Waals surface area contributed by atoms with Gasteiger partial charge < -0.3 is 15.3 Å². The zero-order valence-corrected chi connectivity index (χ0v) is 14.4. The van der Waals surface area contributed by atoms with Crippen molar-refractivity contribution in [1.82, 2.24) is 10.2 Å². The van der Waals surface area contributed by atoms with Gasteiger partial charge in [0.05, 0.1) is 0 Å². The molecular weight excluding hydrogens is 332 g/mol. The molecule has 0 saturated carbocycles. The van der Waals surface area contributed by atoms with Crippen molar-refractivity contribution in [2.24, 2.45) is 0 Å². The van der Waals surface area contributed by atoms with E-state index in [1.54, 1.807) is 49.4 Å². The van der Waals surface area contributed by atoms with Gasteiger partial charge in [0.25, 0.3) is 5.91 Å². The third-order valence-corrected chi connectivity index (χ3v) is 4.75. The highest BCUT2D eigenvalue weighted by Crippen LogP contribution is 2.24. The highest BCUT2D eigenvalue weighted by molar-refractivity contribution is 6.00. The van der Waals surface area contributed by atoms with Crippen LogP contribution in [0.4, 0.5) is 0 Å². The number of benzene rings is 2. The largest absolute Gasteiger partial charge is 0.481 e. The monoisotopic (exact) mass is 352 g/mol. The SMILES string of the molecule is CC(CNC(=O)CN1Cc2ccccc2C1=O)(C(=O)O)c1ccccc1. The summed E-state index contributed by atoms with van der Waals surface area (Å²) >= 11 is 0. The molecule has 0 aromatic heterocycles. The van der Waals surface area contributed by atoms with Crippen LogP contribution in [-0.4, -0.2) is 40.9 Å². The molecule has 0 spiro atoms. The Balaban J connectivity index is 1.64. The summed E-state index contributed by atoms with van der Waals surface area (Å²) in [5.41, 5.74) is 0.872. The van der Waals surface area contributed by atoms with Crippen LogP contribution in [0.5, 0.6) is 0 Å². The average Bonchev–Trinajstić information content (AvgIpc) is 2.96. The Hall–Kier alpha value is -3.15. The van der Waals surface area contributed by atoms with Gasteiger partial charge >= 0.3 is 5.97 Å². The highest BCUT2D eigenvalue weighted by atomic mass is 16.4. The maximum atomic E-state index is 12.3. The molecule has 0 saturated heterocycles. The lowest BCUT2D eigenvalue weighted by molar-refractivity contribution is -0.143. The summed E-state index contributed by atoms with van der Waals surface area (Å²) in [5, 5.41) is 12.3. The number of carboxylic acids is 1. The Morgan fingerprint density at radius 1 is 1.12 bits per heavy atom. The first-order valence-corrected chi connectivity index (χ1v) is 8.34. The smallest absolute Gasteiger partial charge is 0.315 e. The van der Waals surface area contributed by atoms with E-state index in [0.29, 0.717) is 17.7 Å². The number of nitrogens with one attached hydrogen (secondary N) is 1. The van der Waals surface area contributed by atoms with Gasteiger partial charge in [0.15, 0.2) is 0 Å². The van der Waals surface area contributed by atoms with Crippen molar-refractivity contribution in [3.05, 3.63) is 71.3 Å². The highest BCUT2D eigenvalue weighted by Gasteiger charge is 2.36. The van der Waals surface area contributed by atoms with E-state index in [9.17, 15) is 19.5 Å². The van der Waals surface area contributed by atoms with Crippen LogP contribution in [0.1, 0.15) is 28.4 Å². The summed E-state index contributed by atoms with van der Waals surface area (Å²) < 4.78 is 0. The molecule has 1 unspecified atom stereocenters. The van der Waals surface area contributed by atoms with Crippen LogP contribution < -0.4 is 5.32 Å². The number of carbonyl (C=O) groups is 3. The molecule has 2 amide bonds. The van der Waals surface area contributed by atoms with Crippen LogP contribution in [0.2, 0.25) is 0 Å². The van der Waals surface area contributed by atoms with Crippen molar-refractivity contribution in [3.8, 4) is 0 Å². The fraction of sp³-hybridized carbons (Fsp3) is 0.250. The number of rotatable bonds is 6. The molecule has 0 aliphatic carbocycles. The molecule has 1 heterocycles. The van der Waals surface area contributed by atoms with Crippen molar-refractivity contribution in [1.29, 1.82) is 0 Å². The Kier molecular flexibility index (Phi) is 4.75. The lowest BCUT2D eigenvalue weighted by Crippen LogP contribution is -2.47. The first-order valence-electron chi connectivity index (χ1n) is 8.34. The minimum atomic E-state index is -1.24. The fourth-order valence-corrected chi connectivity index (χ4v) is 3.05. The summed E-state index contributed by atoms with van der Waals surface area (Å²) in [6, 6.07) is 16.0. The zero-order valence-electron chi connectivity index (χ0n) is 14.4. The summed E-state index contributed by atoms with van der Waals surface area (Å²) in [6.07, 6.45) is 0. The van der Waals surface area contributed by atoms with E-state index in [4.69, 9.17) is 0 Å². The van der Waals surface area contributed by atoms with Crippen LogP contribution in [0.25, 0.3) is 0 Å². The molecule has 134 valence electrons. The lowest BCUT2D eigenvalue weighted by Gasteiger charge is -2.26. The van der Waals surface area contributed by atoms with Crippen LogP contribution in [0.3, 0.4) is 0 Å². The van der Waals surface area contributed by atoms with Crippen molar-refractivity contribution in [3.63, 3.8) is 0 Å². The van der Waals surface area contributed by atoms with Crippen molar-refractivity contribution in [2.75, 3.05) is 13.1 Å². The van der Waals surface area contributed by atoms with Gasteiger partial charge in [-0.15, -0.1) is 0 Å². The van der Waals surface area contributed by atoms with E-state index in [1.165, 1.54) is 4.90 Å². The summed E-state index contributed by atoms with van der Waals surface area (Å²) in [6.45, 7) is 1.80. The molecule has 1 aliphatic heterocycles. The number of nitrogens with zero attached hydrogens (tertiary/aromatic N) is 1. The molecule has 2 aromatic rings. The minimum Gasteiger partial charge on any atom is -0.481 e. The molecule has 3 rings (SSSR count). The first kappa shape index (κ1) is 17.7. The molecule has 2 aromatic carbocycles. The second kappa shape index (κ2) is 7.00. The minimum absolute atomic E-state index is 0.0554. The van der Waals surface area contributed by atoms with Gasteiger partial charge in [-0.3, -0.25) is 14.4 Å². The van der Waals surface area contributed by atoms with Crippen LogP contribution >= 0.6 is 0 Å². The number of fused-ring (bicyclic) bond motifs is 1. The van der Waals surface area contributed by atoms with E-state index >= 15 is 0 Å². The van der Waals surface area contributed by atoms with Crippen molar-refractivity contribution >= 4 is 17.8 Å². The average molecular weight is 352 g/mol. The molecule has 0 radical (unpaired) electrons. The quantitative estimate of drug-likeness (QED) is 0.830. The standard InChI is InChI=1S/C20H20N2O4/c1-20(19(25)26,15-8-3-2-4-9-15)13-21-17(23)12-22-11-14-7-5-6-10-16(14)18(22)24/h2-10H,11-13H2,1H3,(H,21,23)(H,25,26). The Labute approximate surface area is 151 Å². The molecule has 2 N–H and O–H groups in total. The molecule has 26 heavy (non-hydrogen) atoms. The molecule has 0 bridgehead atoms. The fourth-order valence-electron chi connectivity index (χ4n) is 3.05. The van der Waals surface area contributed by atoms with Crippen LogP contribution in [-0.2, 0) is 21.5 Å². The number of aliphatic carboxylic acids is 1. The maximum absolute atomic E-state index is 12.3. The van der Waals surface area contributed by atoms with E-state index in [-0.39, 0.29) is 24.9 Å². The van der Waals surface area contributed by atoms with E-state index in [0.717, 1.165) is 5.56 Å².